The van der Waals surface area contributed by atoms with E-state index in [-0.39, 0.29) is 5.41 Å². The Hall–Kier alpha value is -1.17. The Balaban J connectivity index is 2.76. The van der Waals surface area contributed by atoms with Crippen LogP contribution in [-0.2, 0) is 10.2 Å². The Morgan fingerprint density at radius 3 is 2.56 bits per heavy atom. The second kappa shape index (κ2) is 4.78. The molecule has 90 valence electrons. The van der Waals surface area contributed by atoms with Crippen molar-refractivity contribution in [2.45, 2.75) is 45.6 Å². The van der Waals surface area contributed by atoms with Gasteiger partial charge in [-0.3, -0.25) is 0 Å². The molecule has 6 heteroatoms. The van der Waals surface area contributed by atoms with E-state index in [9.17, 15) is 4.79 Å². The third-order valence-corrected chi connectivity index (χ3v) is 2.75. The fourth-order valence-corrected chi connectivity index (χ4v) is 1.88. The topological polar surface area (TPSA) is 75.1 Å². The Morgan fingerprint density at radius 1 is 1.56 bits per heavy atom. The Bertz CT molecular complexity index is 370. The molecule has 1 atom stereocenters. The zero-order valence-corrected chi connectivity index (χ0v) is 10.8. The third-order valence-electron chi connectivity index (χ3n) is 2.10. The van der Waals surface area contributed by atoms with E-state index in [4.69, 9.17) is 5.11 Å². The van der Waals surface area contributed by atoms with Gasteiger partial charge in [-0.25, -0.2) is 9.78 Å². The van der Waals surface area contributed by atoms with Crippen molar-refractivity contribution in [1.29, 1.82) is 0 Å². The molecule has 0 aliphatic carbocycles. The second-order valence-corrected chi connectivity index (χ2v) is 5.37. The van der Waals surface area contributed by atoms with Crippen molar-refractivity contribution in [3.8, 4) is 0 Å². The lowest BCUT2D eigenvalue weighted by Crippen LogP contribution is -2.28. The molecule has 0 bridgehead atoms. The van der Waals surface area contributed by atoms with E-state index >= 15 is 0 Å². The smallest absolute Gasteiger partial charge is 0.326 e. The molecule has 0 aliphatic heterocycles. The summed E-state index contributed by atoms with van der Waals surface area (Å²) < 4.78 is 4.21. The number of hydrogen-bond acceptors (Lipinski definition) is 5. The van der Waals surface area contributed by atoms with E-state index in [0.29, 0.717) is 11.6 Å². The molecular weight excluding hydrogens is 226 g/mol. The molecule has 0 aliphatic rings. The van der Waals surface area contributed by atoms with Crippen molar-refractivity contribution < 1.29 is 9.90 Å². The molecule has 0 radical (unpaired) electrons. The molecule has 0 saturated carbocycles. The van der Waals surface area contributed by atoms with Crippen LogP contribution >= 0.6 is 11.5 Å². The number of hydrogen-bond donors (Lipinski definition) is 2. The molecule has 1 rings (SSSR count). The molecule has 1 aromatic rings. The number of rotatable bonds is 4. The first-order valence-corrected chi connectivity index (χ1v) is 5.95. The minimum Gasteiger partial charge on any atom is -0.480 e. The molecule has 5 nitrogen and oxygen atoms in total. The summed E-state index contributed by atoms with van der Waals surface area (Å²) in [7, 11) is 0. The van der Waals surface area contributed by atoms with Crippen LogP contribution in [0.15, 0.2) is 0 Å². The largest absolute Gasteiger partial charge is 0.480 e. The fraction of sp³-hybridized carbons (Fsp3) is 0.700. The maximum atomic E-state index is 10.8. The summed E-state index contributed by atoms with van der Waals surface area (Å²) >= 11 is 1.20. The number of nitrogens with zero attached hydrogens (tertiary/aromatic N) is 2. The number of carbonyl (C=O) groups is 1. The van der Waals surface area contributed by atoms with Crippen LogP contribution in [0.3, 0.4) is 0 Å². The van der Waals surface area contributed by atoms with Crippen LogP contribution in [0.4, 0.5) is 5.13 Å². The Morgan fingerprint density at radius 2 is 2.19 bits per heavy atom. The molecule has 1 heterocycles. The second-order valence-electron chi connectivity index (χ2n) is 4.62. The highest BCUT2D eigenvalue weighted by atomic mass is 32.1. The molecule has 0 spiro atoms. The molecule has 0 saturated heterocycles. The van der Waals surface area contributed by atoms with Crippen molar-refractivity contribution in [3.63, 3.8) is 0 Å². The zero-order chi connectivity index (χ0) is 12.3. The number of carboxylic acid groups (broad SMARTS) is 1. The fourth-order valence-electron chi connectivity index (χ4n) is 1.07. The number of nitrogens with one attached hydrogen (secondary N) is 1. The number of aromatic nitrogens is 2. The lowest BCUT2D eigenvalue weighted by molar-refractivity contribution is -0.137. The SMILES string of the molecule is CCC(Nc1nc(C(C)(C)C)ns1)C(=O)O. The molecule has 1 unspecified atom stereocenters. The minimum atomic E-state index is -0.866. The van der Waals surface area contributed by atoms with Gasteiger partial charge < -0.3 is 10.4 Å². The molecule has 2 N–H and O–H groups in total. The van der Waals surface area contributed by atoms with Gasteiger partial charge in [-0.1, -0.05) is 27.7 Å². The molecular formula is C10H17N3O2S. The predicted molar refractivity (Wildman–Crippen MR) is 63.9 cm³/mol. The van der Waals surface area contributed by atoms with Gasteiger partial charge in [0.2, 0.25) is 5.13 Å². The average Bonchev–Trinajstić information content (AvgIpc) is 2.61. The molecule has 0 aromatic carbocycles. The van der Waals surface area contributed by atoms with Gasteiger partial charge in [0.15, 0.2) is 0 Å². The lowest BCUT2D eigenvalue weighted by atomic mass is 9.96. The van der Waals surface area contributed by atoms with Crippen LogP contribution in [-0.4, -0.2) is 26.5 Å². The zero-order valence-electron chi connectivity index (χ0n) is 9.94. The van der Waals surface area contributed by atoms with Gasteiger partial charge in [0.25, 0.3) is 0 Å². The molecule has 1 aromatic heterocycles. The summed E-state index contributed by atoms with van der Waals surface area (Å²) in [6, 6.07) is -0.597. The van der Waals surface area contributed by atoms with Gasteiger partial charge in [-0.2, -0.15) is 4.37 Å². The van der Waals surface area contributed by atoms with Crippen LogP contribution in [0, 0.1) is 0 Å². The number of carboxylic acids is 1. The van der Waals surface area contributed by atoms with Gasteiger partial charge in [0, 0.05) is 16.9 Å². The maximum absolute atomic E-state index is 10.8. The first-order valence-electron chi connectivity index (χ1n) is 5.18. The van der Waals surface area contributed by atoms with E-state index in [1.807, 2.05) is 27.7 Å². The number of aliphatic carboxylic acids is 1. The third kappa shape index (κ3) is 3.16. The van der Waals surface area contributed by atoms with E-state index in [1.54, 1.807) is 0 Å². The van der Waals surface area contributed by atoms with Gasteiger partial charge in [0.1, 0.15) is 11.9 Å². The molecule has 16 heavy (non-hydrogen) atoms. The average molecular weight is 243 g/mol. The van der Waals surface area contributed by atoms with Gasteiger partial charge in [-0.15, -0.1) is 0 Å². The number of anilines is 1. The van der Waals surface area contributed by atoms with E-state index in [1.165, 1.54) is 11.5 Å². The summed E-state index contributed by atoms with van der Waals surface area (Å²) in [5.74, 6) is -0.129. The Labute approximate surface area is 99.1 Å². The normalized spacial score (nSPS) is 13.5. The van der Waals surface area contributed by atoms with Crippen LogP contribution in [0.1, 0.15) is 39.9 Å². The summed E-state index contributed by atoms with van der Waals surface area (Å²) in [4.78, 5) is 15.1. The highest BCUT2D eigenvalue weighted by Gasteiger charge is 2.21. The highest BCUT2D eigenvalue weighted by Crippen LogP contribution is 2.23. The van der Waals surface area contributed by atoms with Crippen LogP contribution in [0.5, 0.6) is 0 Å². The van der Waals surface area contributed by atoms with E-state index in [0.717, 1.165) is 5.82 Å². The monoisotopic (exact) mass is 243 g/mol. The summed E-state index contributed by atoms with van der Waals surface area (Å²) in [6.07, 6.45) is 0.514. The highest BCUT2D eigenvalue weighted by molar-refractivity contribution is 7.09. The standard InChI is InChI=1S/C10H17N3O2S/c1-5-6(7(14)15)11-9-12-8(13-16-9)10(2,3)4/h6H,5H2,1-4H3,(H,14,15)(H,11,12,13). The summed E-state index contributed by atoms with van der Waals surface area (Å²) in [5, 5.41) is 12.3. The van der Waals surface area contributed by atoms with E-state index < -0.39 is 12.0 Å². The minimum absolute atomic E-state index is 0.110. The molecule has 0 amide bonds. The first-order chi connectivity index (χ1) is 7.34. The predicted octanol–water partition coefficient (Wildman–Crippen LogP) is 2.11. The van der Waals surface area contributed by atoms with Crippen LogP contribution < -0.4 is 5.32 Å². The molecule has 0 fully saturated rings. The van der Waals surface area contributed by atoms with Crippen molar-refractivity contribution >= 4 is 22.6 Å². The first kappa shape index (κ1) is 12.9. The van der Waals surface area contributed by atoms with Crippen LogP contribution in [0.2, 0.25) is 0 Å². The lowest BCUT2D eigenvalue weighted by Gasteiger charge is -2.13. The maximum Gasteiger partial charge on any atom is 0.326 e. The van der Waals surface area contributed by atoms with Crippen molar-refractivity contribution in [2.24, 2.45) is 0 Å². The summed E-state index contributed by atoms with van der Waals surface area (Å²) in [5.41, 5.74) is -0.110. The van der Waals surface area contributed by atoms with Crippen molar-refractivity contribution in [2.75, 3.05) is 5.32 Å². The van der Waals surface area contributed by atoms with Crippen LogP contribution in [0.25, 0.3) is 0 Å². The van der Waals surface area contributed by atoms with Gasteiger partial charge >= 0.3 is 5.97 Å². The quantitative estimate of drug-likeness (QED) is 0.847. The Kier molecular flexibility index (Phi) is 3.85. The van der Waals surface area contributed by atoms with Crippen molar-refractivity contribution in [1.82, 2.24) is 9.36 Å². The van der Waals surface area contributed by atoms with Crippen molar-refractivity contribution in [3.05, 3.63) is 5.82 Å². The van der Waals surface area contributed by atoms with Gasteiger partial charge in [0.05, 0.1) is 0 Å². The van der Waals surface area contributed by atoms with Gasteiger partial charge in [-0.05, 0) is 6.42 Å². The van der Waals surface area contributed by atoms with E-state index in [2.05, 4.69) is 14.7 Å². The summed E-state index contributed by atoms with van der Waals surface area (Å²) in [6.45, 7) is 7.88.